The van der Waals surface area contributed by atoms with Crippen molar-refractivity contribution in [2.45, 2.75) is 26.4 Å². The van der Waals surface area contributed by atoms with Crippen molar-refractivity contribution in [3.63, 3.8) is 0 Å². The van der Waals surface area contributed by atoms with Crippen molar-refractivity contribution in [3.8, 4) is 5.75 Å². The zero-order valence-electron chi connectivity index (χ0n) is 9.43. The van der Waals surface area contributed by atoms with E-state index in [-0.39, 0.29) is 13.0 Å². The number of aliphatic carboxylic acids is 1. The molecule has 1 rings (SSSR count). The van der Waals surface area contributed by atoms with E-state index in [2.05, 4.69) is 0 Å². The molecule has 0 spiro atoms. The Kier molecular flexibility index (Phi) is 4.31. The molecule has 0 amide bonds. The van der Waals surface area contributed by atoms with Crippen LogP contribution in [0.25, 0.3) is 0 Å². The number of hydrogen-bond acceptors (Lipinski definition) is 3. The molecule has 4 nitrogen and oxygen atoms in total. The summed E-state index contributed by atoms with van der Waals surface area (Å²) in [4.78, 5) is 10.3. The Bertz CT molecular complexity index is 373. The van der Waals surface area contributed by atoms with Gasteiger partial charge < -0.3 is 14.9 Å². The van der Waals surface area contributed by atoms with E-state index < -0.39 is 12.1 Å². The average Bonchev–Trinajstić information content (AvgIpc) is 2.15. The summed E-state index contributed by atoms with van der Waals surface area (Å²) in [7, 11) is 0. The molecule has 1 aromatic rings. The number of rotatable bonds is 5. The smallest absolute Gasteiger partial charge is 0.306 e. The van der Waals surface area contributed by atoms with Crippen molar-refractivity contribution in [2.24, 2.45) is 0 Å². The number of aliphatic hydroxyl groups excluding tert-OH is 1. The number of aryl methyl sites for hydroxylation is 2. The van der Waals surface area contributed by atoms with E-state index in [1.807, 2.05) is 32.0 Å². The van der Waals surface area contributed by atoms with Crippen molar-refractivity contribution < 1.29 is 19.7 Å². The zero-order chi connectivity index (χ0) is 12.1. The highest BCUT2D eigenvalue weighted by Gasteiger charge is 2.10. The van der Waals surface area contributed by atoms with Crippen LogP contribution in [0.15, 0.2) is 18.2 Å². The molecule has 4 heteroatoms. The summed E-state index contributed by atoms with van der Waals surface area (Å²) in [6.07, 6.45) is -1.27. The van der Waals surface area contributed by atoms with Gasteiger partial charge in [0.05, 0.1) is 12.5 Å². The third kappa shape index (κ3) is 3.90. The summed E-state index contributed by atoms with van der Waals surface area (Å²) in [6, 6.07) is 5.70. The summed E-state index contributed by atoms with van der Waals surface area (Å²) in [6.45, 7) is 3.89. The Balaban J connectivity index is 2.51. The second kappa shape index (κ2) is 5.51. The third-order valence-electron chi connectivity index (χ3n) is 2.17. The molecule has 0 saturated carbocycles. The first-order valence-electron chi connectivity index (χ1n) is 5.09. The molecule has 0 saturated heterocycles. The number of hydrogen-bond donors (Lipinski definition) is 2. The number of benzene rings is 1. The van der Waals surface area contributed by atoms with Gasteiger partial charge in [-0.05, 0) is 25.5 Å². The molecule has 0 aliphatic carbocycles. The molecule has 0 aromatic heterocycles. The van der Waals surface area contributed by atoms with Gasteiger partial charge in [0, 0.05) is 0 Å². The van der Waals surface area contributed by atoms with Crippen LogP contribution in [0.1, 0.15) is 17.5 Å². The monoisotopic (exact) mass is 224 g/mol. The van der Waals surface area contributed by atoms with E-state index in [4.69, 9.17) is 9.84 Å². The summed E-state index contributed by atoms with van der Waals surface area (Å²) in [5.74, 6) is -0.355. The fraction of sp³-hybridized carbons (Fsp3) is 0.417. The Hall–Kier alpha value is -1.55. The first kappa shape index (κ1) is 12.5. The standard InChI is InChI=1S/C12H16O4/c1-8-3-4-11(9(2)5-8)16-7-10(13)6-12(14)15/h3-5,10,13H,6-7H2,1-2H3,(H,14,15). The predicted molar refractivity (Wildman–Crippen MR) is 59.7 cm³/mol. The summed E-state index contributed by atoms with van der Waals surface area (Å²) in [5.41, 5.74) is 2.11. The topological polar surface area (TPSA) is 66.8 Å². The van der Waals surface area contributed by atoms with Gasteiger partial charge in [-0.2, -0.15) is 0 Å². The number of aliphatic hydroxyl groups is 1. The average molecular weight is 224 g/mol. The molecule has 0 fully saturated rings. The highest BCUT2D eigenvalue weighted by atomic mass is 16.5. The molecule has 1 aromatic carbocycles. The second-order valence-corrected chi connectivity index (χ2v) is 3.83. The Morgan fingerprint density at radius 1 is 1.44 bits per heavy atom. The molecule has 0 bridgehead atoms. The maximum atomic E-state index is 10.3. The lowest BCUT2D eigenvalue weighted by molar-refractivity contribution is -0.139. The number of carboxylic acid groups (broad SMARTS) is 1. The molecular formula is C12H16O4. The quantitative estimate of drug-likeness (QED) is 0.795. The fourth-order valence-electron chi connectivity index (χ4n) is 1.41. The van der Waals surface area contributed by atoms with Gasteiger partial charge in [-0.1, -0.05) is 17.7 Å². The van der Waals surface area contributed by atoms with Gasteiger partial charge >= 0.3 is 5.97 Å². The molecule has 2 N–H and O–H groups in total. The number of carbonyl (C=O) groups is 1. The summed E-state index contributed by atoms with van der Waals surface area (Å²) in [5, 5.41) is 17.8. The second-order valence-electron chi connectivity index (χ2n) is 3.83. The van der Waals surface area contributed by atoms with Gasteiger partial charge in [-0.25, -0.2) is 0 Å². The zero-order valence-corrected chi connectivity index (χ0v) is 9.43. The van der Waals surface area contributed by atoms with Crippen LogP contribution in [0.5, 0.6) is 5.75 Å². The first-order valence-corrected chi connectivity index (χ1v) is 5.09. The van der Waals surface area contributed by atoms with Crippen molar-refractivity contribution in [1.29, 1.82) is 0 Å². The van der Waals surface area contributed by atoms with E-state index >= 15 is 0 Å². The van der Waals surface area contributed by atoms with E-state index in [0.29, 0.717) is 5.75 Å². The normalized spacial score (nSPS) is 12.2. The minimum atomic E-state index is -1.03. The van der Waals surface area contributed by atoms with Crippen LogP contribution >= 0.6 is 0 Å². The highest BCUT2D eigenvalue weighted by molar-refractivity contribution is 5.67. The van der Waals surface area contributed by atoms with E-state index in [0.717, 1.165) is 11.1 Å². The van der Waals surface area contributed by atoms with E-state index in [1.165, 1.54) is 0 Å². The molecular weight excluding hydrogens is 208 g/mol. The van der Waals surface area contributed by atoms with E-state index in [1.54, 1.807) is 0 Å². The number of carboxylic acids is 1. The van der Waals surface area contributed by atoms with Gasteiger partial charge in [0.2, 0.25) is 0 Å². The van der Waals surface area contributed by atoms with Crippen LogP contribution in [0, 0.1) is 13.8 Å². The molecule has 88 valence electrons. The summed E-state index contributed by atoms with van der Waals surface area (Å²) < 4.78 is 5.34. The highest BCUT2D eigenvalue weighted by Crippen LogP contribution is 2.18. The van der Waals surface area contributed by atoms with Crippen molar-refractivity contribution >= 4 is 5.97 Å². The number of ether oxygens (including phenoxy) is 1. The van der Waals surface area contributed by atoms with Crippen molar-refractivity contribution in [2.75, 3.05) is 6.61 Å². The minimum Gasteiger partial charge on any atom is -0.491 e. The van der Waals surface area contributed by atoms with Crippen LogP contribution < -0.4 is 4.74 Å². The van der Waals surface area contributed by atoms with Crippen LogP contribution in [0.4, 0.5) is 0 Å². The van der Waals surface area contributed by atoms with Gasteiger partial charge in [0.1, 0.15) is 12.4 Å². The largest absolute Gasteiger partial charge is 0.491 e. The summed E-state index contributed by atoms with van der Waals surface area (Å²) >= 11 is 0. The SMILES string of the molecule is Cc1ccc(OCC(O)CC(=O)O)c(C)c1. The Morgan fingerprint density at radius 3 is 2.69 bits per heavy atom. The van der Waals surface area contributed by atoms with Crippen LogP contribution in [-0.4, -0.2) is 28.9 Å². The van der Waals surface area contributed by atoms with Crippen LogP contribution in [-0.2, 0) is 4.79 Å². The van der Waals surface area contributed by atoms with Crippen LogP contribution in [0.2, 0.25) is 0 Å². The molecule has 0 aliphatic rings. The Labute approximate surface area is 94.5 Å². The van der Waals surface area contributed by atoms with Gasteiger partial charge in [-0.15, -0.1) is 0 Å². The minimum absolute atomic E-state index is 0.00377. The van der Waals surface area contributed by atoms with E-state index in [9.17, 15) is 9.90 Å². The van der Waals surface area contributed by atoms with Gasteiger partial charge in [0.25, 0.3) is 0 Å². The van der Waals surface area contributed by atoms with Gasteiger partial charge in [0.15, 0.2) is 0 Å². The lowest BCUT2D eigenvalue weighted by atomic mass is 10.1. The molecule has 1 atom stereocenters. The van der Waals surface area contributed by atoms with Crippen molar-refractivity contribution in [3.05, 3.63) is 29.3 Å². The molecule has 0 radical (unpaired) electrons. The first-order chi connectivity index (χ1) is 7.49. The molecule has 0 aliphatic heterocycles. The lowest BCUT2D eigenvalue weighted by Crippen LogP contribution is -2.21. The van der Waals surface area contributed by atoms with Crippen molar-refractivity contribution in [1.82, 2.24) is 0 Å². The van der Waals surface area contributed by atoms with Gasteiger partial charge in [-0.3, -0.25) is 4.79 Å². The maximum absolute atomic E-state index is 10.3. The lowest BCUT2D eigenvalue weighted by Gasteiger charge is -2.12. The van der Waals surface area contributed by atoms with Crippen LogP contribution in [0.3, 0.4) is 0 Å². The molecule has 1 unspecified atom stereocenters. The predicted octanol–water partition coefficient (Wildman–Crippen LogP) is 1.52. The maximum Gasteiger partial charge on any atom is 0.306 e. The fourth-order valence-corrected chi connectivity index (χ4v) is 1.41. The Morgan fingerprint density at radius 2 is 2.12 bits per heavy atom. The molecule has 0 heterocycles. The third-order valence-corrected chi connectivity index (χ3v) is 2.17. The molecule has 16 heavy (non-hydrogen) atoms.